The number of hydrogen-bond acceptors (Lipinski definition) is 6. The second kappa shape index (κ2) is 12.9. The number of methoxy groups -OCH3 is 1. The molecule has 0 bridgehead atoms. The minimum Gasteiger partial charge on any atom is -0.505 e. The molecule has 1 aromatic carbocycles. The number of fused-ring (bicyclic) bond motifs is 3. The van der Waals surface area contributed by atoms with E-state index in [1.54, 1.807) is 13.2 Å². The first-order chi connectivity index (χ1) is 18.7. The average Bonchev–Trinajstić information content (AvgIpc) is 3.43. The molecule has 0 spiro atoms. The van der Waals surface area contributed by atoms with Crippen LogP contribution in [0.5, 0.6) is 5.75 Å². The molecular formula is C30H38FNO7. The molecule has 1 aromatic rings. The number of rotatable bonds is 13. The Balaban J connectivity index is 1.45. The molecule has 2 aliphatic heterocycles. The Kier molecular flexibility index (Phi) is 9.56. The maximum Gasteiger partial charge on any atom is 0.303 e. The maximum absolute atomic E-state index is 13.8. The Hall–Kier alpha value is -3.04. The fourth-order valence-corrected chi connectivity index (χ4v) is 6.30. The number of unbranched alkanes of at least 4 members (excludes halogenated alkanes) is 2. The van der Waals surface area contributed by atoms with Crippen LogP contribution in [0.3, 0.4) is 0 Å². The molecule has 0 saturated carbocycles. The molecule has 2 heterocycles. The highest BCUT2D eigenvalue weighted by molar-refractivity contribution is 6.06. The summed E-state index contributed by atoms with van der Waals surface area (Å²) in [6.07, 6.45) is 6.29. The van der Waals surface area contributed by atoms with E-state index in [2.05, 4.69) is 0 Å². The lowest BCUT2D eigenvalue weighted by molar-refractivity contribution is -0.141. The number of halogens is 1. The molecule has 2 amide bonds. The van der Waals surface area contributed by atoms with Crippen LogP contribution in [0.4, 0.5) is 4.39 Å². The molecule has 0 radical (unpaired) electrons. The van der Waals surface area contributed by atoms with Gasteiger partial charge >= 0.3 is 5.97 Å². The zero-order valence-corrected chi connectivity index (χ0v) is 22.7. The average molecular weight is 544 g/mol. The van der Waals surface area contributed by atoms with Gasteiger partial charge in [-0.2, -0.15) is 0 Å². The molecule has 0 aromatic heterocycles. The summed E-state index contributed by atoms with van der Waals surface area (Å²) < 4.78 is 25.5. The molecule has 1 aliphatic carbocycles. The van der Waals surface area contributed by atoms with Gasteiger partial charge in [-0.1, -0.05) is 31.1 Å². The third kappa shape index (κ3) is 6.41. The standard InChI is InChI=1S/C30H38FNO7/c1-3-18(13-19-8-10-24(33)23(31)14-19)9-11-25-27-20(16-38-2)15-21-28(22(27)17-39-25)30(37)32(29(21)36)12-6-4-5-7-26(34)35/h8,10,13-14,21-22,25,28,33H,3-7,9,11-12,15-17H2,1-2H3,(H,34,35)/b18-13+/t21-,22+,25-,28-/m1/s1. The molecule has 9 heteroatoms. The molecule has 4 atom stereocenters. The summed E-state index contributed by atoms with van der Waals surface area (Å²) in [5, 5.41) is 18.3. The van der Waals surface area contributed by atoms with Crippen molar-refractivity contribution in [3.05, 3.63) is 46.3 Å². The predicted octanol–water partition coefficient (Wildman–Crippen LogP) is 4.71. The lowest BCUT2D eigenvalue weighted by atomic mass is 9.69. The molecule has 4 rings (SSSR count). The van der Waals surface area contributed by atoms with Gasteiger partial charge in [-0.25, -0.2) is 4.39 Å². The summed E-state index contributed by atoms with van der Waals surface area (Å²) in [6, 6.07) is 4.34. The largest absolute Gasteiger partial charge is 0.505 e. The van der Waals surface area contributed by atoms with E-state index < -0.39 is 23.6 Å². The monoisotopic (exact) mass is 543 g/mol. The smallest absolute Gasteiger partial charge is 0.303 e. The van der Waals surface area contributed by atoms with Gasteiger partial charge < -0.3 is 19.7 Å². The van der Waals surface area contributed by atoms with E-state index in [1.165, 1.54) is 17.0 Å². The summed E-state index contributed by atoms with van der Waals surface area (Å²) in [7, 11) is 1.62. The van der Waals surface area contributed by atoms with Crippen LogP contribution in [0.15, 0.2) is 34.9 Å². The number of amides is 2. The minimum absolute atomic E-state index is 0.0857. The number of aromatic hydroxyl groups is 1. The lowest BCUT2D eigenvalue weighted by Crippen LogP contribution is -2.35. The number of ether oxygens (including phenoxy) is 2. The molecule has 2 N–H and O–H groups in total. The SMILES string of the molecule is CC/C(=C\c1ccc(O)c(F)c1)CC[C@H]1OC[C@H]2C1=C(COC)C[C@H]1C(=O)N(CCCCCC(=O)O)C(=O)[C@H]12. The summed E-state index contributed by atoms with van der Waals surface area (Å²) >= 11 is 0. The van der Waals surface area contributed by atoms with Crippen molar-refractivity contribution in [1.82, 2.24) is 4.90 Å². The molecule has 0 unspecified atom stereocenters. The van der Waals surface area contributed by atoms with Gasteiger partial charge in [0.2, 0.25) is 11.8 Å². The number of phenols is 1. The van der Waals surface area contributed by atoms with E-state index in [1.807, 2.05) is 13.0 Å². The van der Waals surface area contributed by atoms with Crippen LogP contribution in [0, 0.1) is 23.6 Å². The second-order valence-corrected chi connectivity index (χ2v) is 10.7. The number of phenolic OH excluding ortho intramolecular Hbond substituents is 1. The van der Waals surface area contributed by atoms with E-state index in [-0.39, 0.29) is 36.0 Å². The van der Waals surface area contributed by atoms with Gasteiger partial charge in [-0.3, -0.25) is 19.3 Å². The number of carboxylic acid groups (broad SMARTS) is 1. The first kappa shape index (κ1) is 29.0. The van der Waals surface area contributed by atoms with Crippen molar-refractivity contribution in [3.8, 4) is 5.75 Å². The summed E-state index contributed by atoms with van der Waals surface area (Å²) in [5.41, 5.74) is 3.94. The number of carbonyl (C=O) groups is 3. The number of nitrogens with zero attached hydrogens (tertiary/aromatic N) is 1. The number of carbonyl (C=O) groups excluding carboxylic acids is 2. The summed E-state index contributed by atoms with van der Waals surface area (Å²) in [5.74, 6) is -3.16. The maximum atomic E-state index is 13.8. The Labute approximate surface area is 228 Å². The Bertz CT molecular complexity index is 1160. The molecule has 8 nitrogen and oxygen atoms in total. The number of aliphatic carboxylic acids is 1. The van der Waals surface area contributed by atoms with Gasteiger partial charge in [-0.05, 0) is 67.4 Å². The lowest BCUT2D eigenvalue weighted by Gasteiger charge is -2.31. The van der Waals surface area contributed by atoms with Crippen LogP contribution in [-0.2, 0) is 23.9 Å². The van der Waals surface area contributed by atoms with Crippen LogP contribution in [0.25, 0.3) is 6.08 Å². The van der Waals surface area contributed by atoms with Crippen molar-refractivity contribution < 1.29 is 38.5 Å². The highest BCUT2D eigenvalue weighted by Gasteiger charge is 2.56. The summed E-state index contributed by atoms with van der Waals surface area (Å²) in [4.78, 5) is 38.8. The van der Waals surface area contributed by atoms with Crippen molar-refractivity contribution in [2.75, 3.05) is 26.9 Å². The van der Waals surface area contributed by atoms with Gasteiger partial charge in [0.25, 0.3) is 0 Å². The predicted molar refractivity (Wildman–Crippen MR) is 142 cm³/mol. The van der Waals surface area contributed by atoms with E-state index in [0.717, 1.165) is 29.6 Å². The van der Waals surface area contributed by atoms with E-state index >= 15 is 0 Å². The van der Waals surface area contributed by atoms with E-state index in [9.17, 15) is 23.9 Å². The number of allylic oxidation sites excluding steroid dienone is 1. The third-order valence-electron chi connectivity index (χ3n) is 8.21. The van der Waals surface area contributed by atoms with Gasteiger partial charge in [-0.15, -0.1) is 0 Å². The van der Waals surface area contributed by atoms with E-state index in [4.69, 9.17) is 14.6 Å². The van der Waals surface area contributed by atoms with Gasteiger partial charge in [0.15, 0.2) is 11.6 Å². The molecule has 2 fully saturated rings. The minimum atomic E-state index is -0.842. The Morgan fingerprint density at radius 2 is 1.97 bits per heavy atom. The molecule has 3 aliphatic rings. The number of hydrogen-bond donors (Lipinski definition) is 2. The highest BCUT2D eigenvalue weighted by atomic mass is 19.1. The first-order valence-corrected chi connectivity index (χ1v) is 13.8. The molecule has 39 heavy (non-hydrogen) atoms. The second-order valence-electron chi connectivity index (χ2n) is 10.7. The van der Waals surface area contributed by atoms with Gasteiger partial charge in [0.1, 0.15) is 0 Å². The van der Waals surface area contributed by atoms with Crippen molar-refractivity contribution in [1.29, 1.82) is 0 Å². The van der Waals surface area contributed by atoms with Crippen LogP contribution in [0.1, 0.15) is 63.9 Å². The zero-order chi connectivity index (χ0) is 28.1. The van der Waals surface area contributed by atoms with Crippen LogP contribution < -0.4 is 0 Å². The van der Waals surface area contributed by atoms with Gasteiger partial charge in [0.05, 0.1) is 31.2 Å². The van der Waals surface area contributed by atoms with Crippen molar-refractivity contribution in [2.24, 2.45) is 17.8 Å². The zero-order valence-electron chi connectivity index (χ0n) is 22.7. The molecular weight excluding hydrogens is 505 g/mol. The Morgan fingerprint density at radius 1 is 1.18 bits per heavy atom. The first-order valence-electron chi connectivity index (χ1n) is 13.8. The topological polar surface area (TPSA) is 113 Å². The third-order valence-corrected chi connectivity index (χ3v) is 8.21. The normalized spacial score (nSPS) is 24.9. The van der Waals surface area contributed by atoms with Crippen molar-refractivity contribution in [2.45, 2.75) is 64.4 Å². The van der Waals surface area contributed by atoms with Crippen LogP contribution in [-0.4, -0.2) is 65.9 Å². The number of benzene rings is 1. The van der Waals surface area contributed by atoms with E-state index in [0.29, 0.717) is 57.4 Å². The van der Waals surface area contributed by atoms with Gasteiger partial charge in [0, 0.05) is 26.0 Å². The molecule has 2 saturated heterocycles. The number of carboxylic acids is 1. The highest BCUT2D eigenvalue weighted by Crippen LogP contribution is 2.50. The summed E-state index contributed by atoms with van der Waals surface area (Å²) in [6.45, 7) is 3.13. The van der Waals surface area contributed by atoms with Crippen LogP contribution in [0.2, 0.25) is 0 Å². The van der Waals surface area contributed by atoms with Crippen molar-refractivity contribution in [3.63, 3.8) is 0 Å². The fraction of sp³-hybridized carbons (Fsp3) is 0.567. The quantitative estimate of drug-likeness (QED) is 0.210. The van der Waals surface area contributed by atoms with Crippen molar-refractivity contribution >= 4 is 23.9 Å². The number of imide groups is 1. The Morgan fingerprint density at radius 3 is 2.67 bits per heavy atom. The van der Waals surface area contributed by atoms with Crippen LogP contribution >= 0.6 is 0 Å². The molecule has 212 valence electrons. The number of likely N-dealkylation sites (tertiary alicyclic amines) is 1. The fourth-order valence-electron chi connectivity index (χ4n) is 6.30.